The van der Waals surface area contributed by atoms with E-state index in [2.05, 4.69) is 4.98 Å². The first kappa shape index (κ1) is 9.17. The van der Waals surface area contributed by atoms with Crippen LogP contribution in [0.4, 0.5) is 0 Å². The fourth-order valence-corrected chi connectivity index (χ4v) is 1.16. The summed E-state index contributed by atoms with van der Waals surface area (Å²) in [5, 5.41) is 8.60. The minimum atomic E-state index is -1.11. The van der Waals surface area contributed by atoms with Gasteiger partial charge in [-0.05, 0) is 0 Å². The standard InChI is InChI=1S/C8H9NO5/c10-8(11)5-3-14-7(9-5)6-4-12-1-2-13-6/h3,6H,1-2,4H2,(H,10,11). The van der Waals surface area contributed by atoms with Gasteiger partial charge in [0.25, 0.3) is 0 Å². The molecule has 1 aromatic rings. The van der Waals surface area contributed by atoms with Gasteiger partial charge in [-0.1, -0.05) is 0 Å². The number of hydrogen-bond acceptors (Lipinski definition) is 5. The largest absolute Gasteiger partial charge is 0.476 e. The third-order valence-corrected chi connectivity index (χ3v) is 1.83. The fourth-order valence-electron chi connectivity index (χ4n) is 1.16. The Morgan fingerprint density at radius 1 is 1.57 bits per heavy atom. The lowest BCUT2D eigenvalue weighted by atomic mass is 10.3. The normalized spacial score (nSPS) is 22.1. The molecule has 1 aliphatic rings. The molecular formula is C8H9NO5. The van der Waals surface area contributed by atoms with Gasteiger partial charge in [0.1, 0.15) is 6.26 Å². The highest BCUT2D eigenvalue weighted by atomic mass is 16.6. The van der Waals surface area contributed by atoms with E-state index in [-0.39, 0.29) is 11.6 Å². The molecule has 0 bridgehead atoms. The van der Waals surface area contributed by atoms with Crippen LogP contribution in [0.3, 0.4) is 0 Å². The maximum absolute atomic E-state index is 10.5. The first-order valence-electron chi connectivity index (χ1n) is 4.15. The third-order valence-electron chi connectivity index (χ3n) is 1.83. The van der Waals surface area contributed by atoms with Crippen LogP contribution in [0.15, 0.2) is 10.7 Å². The maximum atomic E-state index is 10.5. The summed E-state index contributed by atoms with van der Waals surface area (Å²) in [5.41, 5.74) is -0.117. The Hall–Kier alpha value is -1.40. The van der Waals surface area contributed by atoms with Crippen LogP contribution in [0, 0.1) is 0 Å². The van der Waals surface area contributed by atoms with Gasteiger partial charge in [-0.25, -0.2) is 9.78 Å². The molecule has 2 heterocycles. The van der Waals surface area contributed by atoms with Gasteiger partial charge in [0.15, 0.2) is 11.8 Å². The molecule has 1 aliphatic heterocycles. The average Bonchev–Trinajstić information content (AvgIpc) is 2.68. The molecule has 2 rings (SSSR count). The summed E-state index contributed by atoms with van der Waals surface area (Å²) in [6, 6.07) is 0. The third kappa shape index (κ3) is 1.75. The summed E-state index contributed by atoms with van der Waals surface area (Å²) in [7, 11) is 0. The SMILES string of the molecule is O=C(O)c1coc(C2COCCO2)n1. The molecule has 0 saturated carbocycles. The van der Waals surface area contributed by atoms with Gasteiger partial charge in [-0.2, -0.15) is 0 Å². The topological polar surface area (TPSA) is 81.8 Å². The second kappa shape index (κ2) is 3.77. The van der Waals surface area contributed by atoms with E-state index in [1.54, 1.807) is 0 Å². The van der Waals surface area contributed by atoms with Crippen molar-refractivity contribution in [2.75, 3.05) is 19.8 Å². The molecule has 0 aliphatic carbocycles. The van der Waals surface area contributed by atoms with Gasteiger partial charge >= 0.3 is 5.97 Å². The Balaban J connectivity index is 2.11. The van der Waals surface area contributed by atoms with Gasteiger partial charge in [0.05, 0.1) is 19.8 Å². The van der Waals surface area contributed by atoms with Gasteiger partial charge in [-0.3, -0.25) is 0 Å². The van der Waals surface area contributed by atoms with E-state index in [9.17, 15) is 4.79 Å². The molecule has 6 heteroatoms. The number of hydrogen-bond donors (Lipinski definition) is 1. The molecule has 6 nitrogen and oxygen atoms in total. The maximum Gasteiger partial charge on any atom is 0.357 e. The van der Waals surface area contributed by atoms with Crippen molar-refractivity contribution in [2.45, 2.75) is 6.10 Å². The Kier molecular flexibility index (Phi) is 2.47. The predicted octanol–water partition coefficient (Wildman–Crippen LogP) is 0.461. The molecule has 1 N–H and O–H groups in total. The Labute approximate surface area is 79.4 Å². The second-order valence-corrected chi connectivity index (χ2v) is 2.81. The summed E-state index contributed by atoms with van der Waals surface area (Å²) in [6.07, 6.45) is 0.701. The van der Waals surface area contributed by atoms with Crippen LogP contribution in [0.2, 0.25) is 0 Å². The van der Waals surface area contributed by atoms with Crippen LogP contribution in [0.5, 0.6) is 0 Å². The first-order chi connectivity index (χ1) is 6.77. The van der Waals surface area contributed by atoms with Crippen LogP contribution in [-0.4, -0.2) is 35.9 Å². The van der Waals surface area contributed by atoms with Crippen LogP contribution in [0.25, 0.3) is 0 Å². The molecule has 1 aromatic heterocycles. The zero-order chi connectivity index (χ0) is 9.97. The number of carboxylic acid groups (broad SMARTS) is 1. The minimum Gasteiger partial charge on any atom is -0.476 e. The highest BCUT2D eigenvalue weighted by molar-refractivity contribution is 5.84. The molecule has 0 amide bonds. The van der Waals surface area contributed by atoms with E-state index in [1.165, 1.54) is 0 Å². The van der Waals surface area contributed by atoms with Crippen LogP contribution >= 0.6 is 0 Å². The monoisotopic (exact) mass is 199 g/mol. The second-order valence-electron chi connectivity index (χ2n) is 2.81. The summed E-state index contributed by atoms with van der Waals surface area (Å²) in [4.78, 5) is 14.3. The van der Waals surface area contributed by atoms with E-state index in [0.717, 1.165) is 6.26 Å². The number of nitrogens with zero attached hydrogens (tertiary/aromatic N) is 1. The number of oxazole rings is 1. The number of ether oxygens (including phenoxy) is 2. The van der Waals surface area contributed by atoms with Crippen molar-refractivity contribution < 1.29 is 23.8 Å². The van der Waals surface area contributed by atoms with Crippen molar-refractivity contribution >= 4 is 5.97 Å². The zero-order valence-corrected chi connectivity index (χ0v) is 7.30. The number of rotatable bonds is 2. The molecule has 1 atom stereocenters. The minimum absolute atomic E-state index is 0.117. The smallest absolute Gasteiger partial charge is 0.357 e. The van der Waals surface area contributed by atoms with E-state index in [4.69, 9.17) is 19.0 Å². The van der Waals surface area contributed by atoms with Crippen LogP contribution in [0.1, 0.15) is 22.5 Å². The number of aromatic carboxylic acids is 1. The number of aromatic nitrogens is 1. The quantitative estimate of drug-likeness (QED) is 0.745. The molecular weight excluding hydrogens is 190 g/mol. The lowest BCUT2D eigenvalue weighted by molar-refractivity contribution is -0.0996. The summed E-state index contributed by atoms with van der Waals surface area (Å²) >= 11 is 0. The lowest BCUT2D eigenvalue weighted by Gasteiger charge is -2.19. The molecule has 76 valence electrons. The fraction of sp³-hybridized carbons (Fsp3) is 0.500. The molecule has 1 unspecified atom stereocenters. The average molecular weight is 199 g/mol. The Morgan fingerprint density at radius 3 is 3.00 bits per heavy atom. The van der Waals surface area contributed by atoms with Gasteiger partial charge in [0.2, 0.25) is 5.89 Å². The van der Waals surface area contributed by atoms with Crippen molar-refractivity contribution in [3.05, 3.63) is 17.8 Å². The van der Waals surface area contributed by atoms with Crippen LogP contribution < -0.4 is 0 Å². The van der Waals surface area contributed by atoms with E-state index >= 15 is 0 Å². The summed E-state index contributed by atoms with van der Waals surface area (Å²) < 4.78 is 15.4. The number of carbonyl (C=O) groups is 1. The van der Waals surface area contributed by atoms with Crippen molar-refractivity contribution in [1.82, 2.24) is 4.98 Å². The predicted molar refractivity (Wildman–Crippen MR) is 43.0 cm³/mol. The zero-order valence-electron chi connectivity index (χ0n) is 7.30. The summed E-state index contributed by atoms with van der Waals surface area (Å²) in [5.74, 6) is -0.862. The molecule has 0 aromatic carbocycles. The Bertz CT molecular complexity index is 328. The Morgan fingerprint density at radius 2 is 2.43 bits per heavy atom. The van der Waals surface area contributed by atoms with Crippen molar-refractivity contribution in [2.24, 2.45) is 0 Å². The highest BCUT2D eigenvalue weighted by Gasteiger charge is 2.23. The number of carboxylic acids is 1. The van der Waals surface area contributed by atoms with E-state index < -0.39 is 12.1 Å². The van der Waals surface area contributed by atoms with E-state index in [0.29, 0.717) is 19.8 Å². The molecule has 14 heavy (non-hydrogen) atoms. The molecule has 0 radical (unpaired) electrons. The van der Waals surface area contributed by atoms with Gasteiger partial charge in [0, 0.05) is 0 Å². The highest BCUT2D eigenvalue weighted by Crippen LogP contribution is 2.19. The van der Waals surface area contributed by atoms with Gasteiger partial charge < -0.3 is 19.0 Å². The van der Waals surface area contributed by atoms with Crippen molar-refractivity contribution in [3.63, 3.8) is 0 Å². The van der Waals surface area contributed by atoms with Crippen LogP contribution in [-0.2, 0) is 9.47 Å². The van der Waals surface area contributed by atoms with Gasteiger partial charge in [-0.15, -0.1) is 0 Å². The molecule has 1 fully saturated rings. The summed E-state index contributed by atoms with van der Waals surface area (Å²) in [6.45, 7) is 1.36. The lowest BCUT2D eigenvalue weighted by Crippen LogP contribution is -2.22. The molecule has 0 spiro atoms. The molecule has 1 saturated heterocycles. The van der Waals surface area contributed by atoms with Crippen molar-refractivity contribution in [1.29, 1.82) is 0 Å². The first-order valence-corrected chi connectivity index (χ1v) is 4.15. The van der Waals surface area contributed by atoms with Crippen molar-refractivity contribution in [3.8, 4) is 0 Å². The van der Waals surface area contributed by atoms with E-state index in [1.807, 2.05) is 0 Å².